The molecule has 0 spiro atoms. The topological polar surface area (TPSA) is 50.2 Å². The maximum Gasteiger partial charge on any atom is 0.319 e. The first kappa shape index (κ1) is 17.1. The average Bonchev–Trinajstić information content (AvgIpc) is 2.54. The van der Waals surface area contributed by atoms with Crippen LogP contribution in [0.3, 0.4) is 0 Å². The van der Waals surface area contributed by atoms with Crippen LogP contribution >= 0.6 is 11.8 Å². The molecule has 118 valence electrons. The second-order valence-corrected chi connectivity index (χ2v) is 7.25. The predicted octanol–water partition coefficient (Wildman–Crippen LogP) is 4.00. The Morgan fingerprint density at radius 2 is 1.91 bits per heavy atom. The van der Waals surface area contributed by atoms with Crippen molar-refractivity contribution in [2.24, 2.45) is 0 Å². The Morgan fingerprint density at radius 3 is 2.52 bits per heavy atom. The number of aryl methyl sites for hydroxylation is 1. The number of nitrogens with zero attached hydrogens (tertiary/aromatic N) is 1. The number of thioether (sulfide) groups is 1. The first-order valence-electron chi connectivity index (χ1n) is 7.40. The van der Waals surface area contributed by atoms with Crippen LogP contribution in [-0.2, 0) is 11.2 Å². The lowest BCUT2D eigenvalue weighted by Crippen LogP contribution is -2.27. The highest BCUT2D eigenvalue weighted by Crippen LogP contribution is 2.34. The number of carbonyl (C=O) groups is 1. The van der Waals surface area contributed by atoms with Crippen LogP contribution in [0.1, 0.15) is 37.5 Å². The molecule has 2 rings (SSSR count). The maximum absolute atomic E-state index is 11.3. The molecular weight excluding hydrogens is 306 g/mol. The highest BCUT2D eigenvalue weighted by atomic mass is 32.2. The Hall–Kier alpha value is -2.25. The van der Waals surface area contributed by atoms with Crippen LogP contribution in [0.2, 0.25) is 0 Å². The van der Waals surface area contributed by atoms with Gasteiger partial charge in [-0.05, 0) is 44.0 Å². The third kappa shape index (κ3) is 4.61. The molecule has 1 aromatic heterocycles. The quantitative estimate of drug-likeness (QED) is 0.682. The number of hydrogen-bond donors (Lipinski definition) is 1. The molecule has 1 aromatic carbocycles. The van der Waals surface area contributed by atoms with E-state index in [-0.39, 0.29) is 0 Å². The molecule has 1 heterocycles. The lowest BCUT2D eigenvalue weighted by atomic mass is 10.1. The molecule has 0 amide bonds. The third-order valence-electron chi connectivity index (χ3n) is 3.36. The molecule has 0 bridgehead atoms. The SMILES string of the molecule is CCc1ccc(C#Cc2cnccc2SC(C)(C)C(=O)O)cc1. The summed E-state index contributed by atoms with van der Waals surface area (Å²) in [6.45, 7) is 5.48. The van der Waals surface area contributed by atoms with Crippen molar-refractivity contribution in [3.63, 3.8) is 0 Å². The van der Waals surface area contributed by atoms with Gasteiger partial charge in [0.25, 0.3) is 0 Å². The lowest BCUT2D eigenvalue weighted by molar-refractivity contribution is -0.138. The van der Waals surface area contributed by atoms with Gasteiger partial charge in [0.05, 0.1) is 5.56 Å². The molecule has 0 saturated carbocycles. The van der Waals surface area contributed by atoms with Crippen molar-refractivity contribution in [1.82, 2.24) is 4.98 Å². The van der Waals surface area contributed by atoms with Gasteiger partial charge in [0.2, 0.25) is 0 Å². The Morgan fingerprint density at radius 1 is 1.22 bits per heavy atom. The zero-order valence-electron chi connectivity index (χ0n) is 13.5. The molecule has 23 heavy (non-hydrogen) atoms. The lowest BCUT2D eigenvalue weighted by Gasteiger charge is -2.18. The summed E-state index contributed by atoms with van der Waals surface area (Å²) in [5, 5.41) is 9.28. The molecule has 0 aliphatic heterocycles. The second-order valence-electron chi connectivity index (χ2n) is 5.59. The van der Waals surface area contributed by atoms with Gasteiger partial charge in [-0.1, -0.05) is 30.9 Å². The first-order valence-corrected chi connectivity index (χ1v) is 8.21. The van der Waals surface area contributed by atoms with E-state index >= 15 is 0 Å². The van der Waals surface area contributed by atoms with E-state index in [9.17, 15) is 9.90 Å². The fourth-order valence-corrected chi connectivity index (χ4v) is 2.83. The minimum atomic E-state index is -0.916. The van der Waals surface area contributed by atoms with E-state index < -0.39 is 10.7 Å². The number of carboxylic acid groups (broad SMARTS) is 1. The van der Waals surface area contributed by atoms with Crippen molar-refractivity contribution in [1.29, 1.82) is 0 Å². The van der Waals surface area contributed by atoms with E-state index in [4.69, 9.17) is 0 Å². The monoisotopic (exact) mass is 325 g/mol. The minimum absolute atomic E-state index is 0.742. The molecule has 0 saturated heterocycles. The summed E-state index contributed by atoms with van der Waals surface area (Å²) in [6, 6.07) is 9.93. The van der Waals surface area contributed by atoms with E-state index in [2.05, 4.69) is 35.9 Å². The summed E-state index contributed by atoms with van der Waals surface area (Å²) in [5.74, 6) is 5.37. The minimum Gasteiger partial charge on any atom is -0.480 e. The third-order valence-corrected chi connectivity index (χ3v) is 4.63. The van der Waals surface area contributed by atoms with Gasteiger partial charge in [-0.25, -0.2) is 0 Å². The van der Waals surface area contributed by atoms with Gasteiger partial charge in [0, 0.05) is 22.9 Å². The van der Waals surface area contributed by atoms with Gasteiger partial charge in [0.15, 0.2) is 0 Å². The highest BCUT2D eigenvalue weighted by Gasteiger charge is 2.29. The molecule has 0 radical (unpaired) electrons. The van der Waals surface area contributed by atoms with Gasteiger partial charge in [-0.2, -0.15) is 0 Å². The number of aliphatic carboxylic acids is 1. The average molecular weight is 325 g/mol. The molecule has 0 atom stereocenters. The van der Waals surface area contributed by atoms with Crippen molar-refractivity contribution < 1.29 is 9.90 Å². The Kier molecular flexibility index (Phi) is 5.46. The van der Waals surface area contributed by atoms with Crippen molar-refractivity contribution in [3.05, 3.63) is 59.4 Å². The van der Waals surface area contributed by atoms with Gasteiger partial charge in [0.1, 0.15) is 4.75 Å². The van der Waals surface area contributed by atoms with E-state index in [0.717, 1.165) is 22.4 Å². The summed E-state index contributed by atoms with van der Waals surface area (Å²) in [7, 11) is 0. The summed E-state index contributed by atoms with van der Waals surface area (Å²) >= 11 is 1.28. The Balaban J connectivity index is 2.27. The van der Waals surface area contributed by atoms with Crippen molar-refractivity contribution in [2.45, 2.75) is 36.8 Å². The van der Waals surface area contributed by atoms with Crippen LogP contribution in [0.4, 0.5) is 0 Å². The van der Waals surface area contributed by atoms with Crippen LogP contribution in [0.5, 0.6) is 0 Å². The second kappa shape index (κ2) is 7.34. The Labute approximate surface area is 141 Å². The molecule has 0 aliphatic carbocycles. The molecule has 0 unspecified atom stereocenters. The molecule has 0 fully saturated rings. The Bertz CT molecular complexity index is 755. The molecule has 2 aromatic rings. The van der Waals surface area contributed by atoms with Crippen LogP contribution in [0.25, 0.3) is 0 Å². The van der Waals surface area contributed by atoms with E-state index in [1.807, 2.05) is 12.1 Å². The number of carboxylic acids is 1. The fraction of sp³-hybridized carbons (Fsp3) is 0.263. The van der Waals surface area contributed by atoms with E-state index in [1.165, 1.54) is 17.3 Å². The smallest absolute Gasteiger partial charge is 0.319 e. The molecule has 1 N–H and O–H groups in total. The fourth-order valence-electron chi connectivity index (χ4n) is 1.85. The standard InChI is InChI=1S/C19H19NO2S/c1-4-14-5-7-15(8-6-14)9-10-16-13-20-12-11-17(16)23-19(2,3)18(21)22/h5-8,11-13H,4H2,1-3H3,(H,21,22). The van der Waals surface area contributed by atoms with Gasteiger partial charge < -0.3 is 5.11 Å². The number of benzene rings is 1. The van der Waals surface area contributed by atoms with Crippen molar-refractivity contribution in [2.75, 3.05) is 0 Å². The normalized spacial score (nSPS) is 10.7. The van der Waals surface area contributed by atoms with Crippen LogP contribution in [0.15, 0.2) is 47.6 Å². The van der Waals surface area contributed by atoms with Gasteiger partial charge in [-0.15, -0.1) is 11.8 Å². The number of aromatic nitrogens is 1. The zero-order valence-corrected chi connectivity index (χ0v) is 14.3. The summed E-state index contributed by atoms with van der Waals surface area (Å²) in [6.07, 6.45) is 4.33. The predicted molar refractivity (Wildman–Crippen MR) is 93.6 cm³/mol. The highest BCUT2D eigenvalue weighted by molar-refractivity contribution is 8.01. The maximum atomic E-state index is 11.3. The summed E-state index contributed by atoms with van der Waals surface area (Å²) in [4.78, 5) is 16.2. The van der Waals surface area contributed by atoms with E-state index in [0.29, 0.717) is 0 Å². The number of pyridine rings is 1. The van der Waals surface area contributed by atoms with Gasteiger partial charge in [-0.3, -0.25) is 9.78 Å². The molecule has 4 heteroatoms. The van der Waals surface area contributed by atoms with Gasteiger partial charge >= 0.3 is 5.97 Å². The van der Waals surface area contributed by atoms with Crippen LogP contribution < -0.4 is 0 Å². The zero-order chi connectivity index (χ0) is 16.9. The largest absolute Gasteiger partial charge is 0.480 e. The molecule has 0 aliphatic rings. The summed E-state index contributed by atoms with van der Waals surface area (Å²) < 4.78 is -0.916. The first-order chi connectivity index (χ1) is 10.9. The van der Waals surface area contributed by atoms with Crippen LogP contribution in [0, 0.1) is 11.8 Å². The molecular formula is C19H19NO2S. The van der Waals surface area contributed by atoms with Crippen molar-refractivity contribution in [3.8, 4) is 11.8 Å². The number of hydrogen-bond acceptors (Lipinski definition) is 3. The van der Waals surface area contributed by atoms with Crippen molar-refractivity contribution >= 4 is 17.7 Å². The van der Waals surface area contributed by atoms with E-state index in [1.54, 1.807) is 32.3 Å². The van der Waals surface area contributed by atoms with Crippen LogP contribution in [-0.4, -0.2) is 20.8 Å². The number of rotatable bonds is 4. The summed E-state index contributed by atoms with van der Waals surface area (Å²) in [5.41, 5.74) is 2.95. The molecule has 3 nitrogen and oxygen atoms in total.